The van der Waals surface area contributed by atoms with Crippen LogP contribution in [0.1, 0.15) is 90.6 Å². The molecule has 0 bridgehead atoms. The molecule has 6 unspecified atom stereocenters. The Morgan fingerprint density at radius 2 is 1.89 bits per heavy atom. The fourth-order valence-corrected chi connectivity index (χ4v) is 7.27. The van der Waals surface area contributed by atoms with E-state index in [-0.39, 0.29) is 54.7 Å². The molecule has 0 aromatic carbocycles. The lowest BCUT2D eigenvalue weighted by Gasteiger charge is -2.58. The van der Waals surface area contributed by atoms with Gasteiger partial charge in [0.15, 0.2) is 5.13 Å². The Labute approximate surface area is 219 Å². The number of aliphatic hydroxyl groups is 3. The maximum Gasteiger partial charge on any atom is 0.231 e. The van der Waals surface area contributed by atoms with Gasteiger partial charge in [-0.25, -0.2) is 4.98 Å². The quantitative estimate of drug-likeness (QED) is 0.355. The van der Waals surface area contributed by atoms with Gasteiger partial charge in [0, 0.05) is 28.0 Å². The zero-order chi connectivity index (χ0) is 27.1. The third kappa shape index (κ3) is 5.64. The number of rotatable bonds is 8. The number of aliphatic hydroxyl groups excluding tert-OH is 3. The third-order valence-corrected chi connectivity index (χ3v) is 9.54. The van der Waals surface area contributed by atoms with E-state index in [9.17, 15) is 24.9 Å². The van der Waals surface area contributed by atoms with Crippen LogP contribution < -0.4 is 10.6 Å². The summed E-state index contributed by atoms with van der Waals surface area (Å²) in [5.41, 5.74) is -0.809. The van der Waals surface area contributed by atoms with Crippen LogP contribution in [0.4, 0.5) is 5.13 Å². The Bertz CT molecular complexity index is 958. The molecule has 1 heterocycles. The molecule has 2 amide bonds. The molecule has 8 nitrogen and oxygen atoms in total. The number of thiazole rings is 1. The van der Waals surface area contributed by atoms with Crippen molar-refractivity contribution in [2.75, 3.05) is 18.5 Å². The van der Waals surface area contributed by atoms with Gasteiger partial charge >= 0.3 is 0 Å². The molecule has 2 aliphatic rings. The summed E-state index contributed by atoms with van der Waals surface area (Å²) in [5.74, 6) is -0.220. The molecule has 1 aromatic rings. The van der Waals surface area contributed by atoms with E-state index >= 15 is 0 Å². The minimum absolute atomic E-state index is 0.0556. The Morgan fingerprint density at radius 3 is 2.44 bits per heavy atom. The molecule has 5 N–H and O–H groups in total. The molecular weight excluding hydrogens is 478 g/mol. The van der Waals surface area contributed by atoms with Crippen LogP contribution in [-0.2, 0) is 16.0 Å². The summed E-state index contributed by atoms with van der Waals surface area (Å²) in [7, 11) is 0. The lowest BCUT2D eigenvalue weighted by Crippen LogP contribution is -2.58. The number of nitrogens with zero attached hydrogens (tertiary/aromatic N) is 1. The molecule has 3 rings (SSSR count). The molecule has 0 saturated heterocycles. The number of hydrogen-bond acceptors (Lipinski definition) is 7. The van der Waals surface area contributed by atoms with E-state index in [4.69, 9.17) is 4.98 Å². The third-order valence-electron chi connectivity index (χ3n) is 8.53. The average molecular weight is 524 g/mol. The highest BCUT2D eigenvalue weighted by atomic mass is 32.1. The molecule has 36 heavy (non-hydrogen) atoms. The molecule has 2 aliphatic carbocycles. The van der Waals surface area contributed by atoms with Gasteiger partial charge in [0.1, 0.15) is 0 Å². The van der Waals surface area contributed by atoms with E-state index in [1.54, 1.807) is 0 Å². The van der Waals surface area contributed by atoms with Crippen molar-refractivity contribution in [1.29, 1.82) is 0 Å². The lowest BCUT2D eigenvalue weighted by molar-refractivity contribution is -0.144. The highest BCUT2D eigenvalue weighted by molar-refractivity contribution is 7.15. The van der Waals surface area contributed by atoms with Gasteiger partial charge in [-0.1, -0.05) is 48.5 Å². The van der Waals surface area contributed by atoms with Gasteiger partial charge in [0.25, 0.3) is 0 Å². The van der Waals surface area contributed by atoms with E-state index in [0.29, 0.717) is 36.7 Å². The van der Waals surface area contributed by atoms with Crippen molar-refractivity contribution in [1.82, 2.24) is 10.3 Å². The number of fused-ring (bicyclic) bond motifs is 2. The van der Waals surface area contributed by atoms with E-state index in [0.717, 1.165) is 10.6 Å². The fraction of sp³-hybridized carbons (Fsp3) is 0.815. The molecule has 6 atom stereocenters. The predicted molar refractivity (Wildman–Crippen MR) is 142 cm³/mol. The SMILES string of the molecule is CC(C)CC(CO)NC(=O)CC1c2nc(NC(=O)C(C)(C)C)sc2CC2C(C)(CO)C(O)CCC12C. The maximum absolute atomic E-state index is 13.3. The highest BCUT2D eigenvalue weighted by Gasteiger charge is 2.59. The number of aromatic nitrogens is 1. The van der Waals surface area contributed by atoms with Gasteiger partial charge in [-0.2, -0.15) is 0 Å². The first-order valence-corrected chi connectivity index (χ1v) is 14.0. The minimum Gasteiger partial charge on any atom is -0.396 e. The average Bonchev–Trinajstić information content (AvgIpc) is 3.18. The second-order valence-corrected chi connectivity index (χ2v) is 13.9. The van der Waals surface area contributed by atoms with Crippen LogP contribution in [0.15, 0.2) is 0 Å². The zero-order valence-corrected chi connectivity index (χ0v) is 23.7. The second-order valence-electron chi connectivity index (χ2n) is 12.8. The van der Waals surface area contributed by atoms with Crippen molar-refractivity contribution in [3.63, 3.8) is 0 Å². The number of hydrogen-bond donors (Lipinski definition) is 5. The minimum atomic E-state index is -0.705. The highest BCUT2D eigenvalue weighted by Crippen LogP contribution is 2.62. The topological polar surface area (TPSA) is 132 Å². The summed E-state index contributed by atoms with van der Waals surface area (Å²) >= 11 is 1.43. The lowest BCUT2D eigenvalue weighted by atomic mass is 9.47. The van der Waals surface area contributed by atoms with Crippen molar-refractivity contribution in [3.05, 3.63) is 10.6 Å². The first-order valence-electron chi connectivity index (χ1n) is 13.2. The van der Waals surface area contributed by atoms with Crippen molar-refractivity contribution in [3.8, 4) is 0 Å². The number of nitrogens with one attached hydrogen (secondary N) is 2. The zero-order valence-electron chi connectivity index (χ0n) is 22.9. The smallest absolute Gasteiger partial charge is 0.231 e. The maximum atomic E-state index is 13.3. The van der Waals surface area contributed by atoms with E-state index in [2.05, 4.69) is 31.4 Å². The van der Waals surface area contributed by atoms with Gasteiger partial charge < -0.3 is 26.0 Å². The van der Waals surface area contributed by atoms with Crippen LogP contribution in [0.5, 0.6) is 0 Å². The van der Waals surface area contributed by atoms with Crippen LogP contribution >= 0.6 is 11.3 Å². The second kappa shape index (κ2) is 10.7. The summed E-state index contributed by atoms with van der Waals surface area (Å²) in [6, 6.07) is -0.308. The molecule has 1 aromatic heterocycles. The van der Waals surface area contributed by atoms with Crippen molar-refractivity contribution in [2.45, 2.75) is 98.6 Å². The number of anilines is 1. The molecule has 0 spiro atoms. The monoisotopic (exact) mass is 523 g/mol. The molecule has 9 heteroatoms. The Kier molecular flexibility index (Phi) is 8.60. The van der Waals surface area contributed by atoms with Crippen LogP contribution in [0.2, 0.25) is 0 Å². The van der Waals surface area contributed by atoms with Gasteiger partial charge in [-0.3, -0.25) is 9.59 Å². The predicted octanol–water partition coefficient (Wildman–Crippen LogP) is 3.46. The Morgan fingerprint density at radius 1 is 1.22 bits per heavy atom. The summed E-state index contributed by atoms with van der Waals surface area (Å²) in [4.78, 5) is 31.8. The van der Waals surface area contributed by atoms with Crippen molar-refractivity contribution >= 4 is 28.3 Å². The molecule has 0 aliphatic heterocycles. The molecule has 1 fully saturated rings. The molecule has 204 valence electrons. The Hall–Kier alpha value is -1.55. The van der Waals surface area contributed by atoms with Crippen molar-refractivity contribution in [2.24, 2.45) is 28.1 Å². The van der Waals surface area contributed by atoms with E-state index in [1.165, 1.54) is 11.3 Å². The summed E-state index contributed by atoms with van der Waals surface area (Å²) in [6.45, 7) is 13.5. The summed E-state index contributed by atoms with van der Waals surface area (Å²) in [5, 5.41) is 37.6. The van der Waals surface area contributed by atoms with Gasteiger partial charge in [0.2, 0.25) is 11.8 Å². The normalized spacial score (nSPS) is 30.9. The fourth-order valence-electron chi connectivity index (χ4n) is 6.20. The van der Waals surface area contributed by atoms with Crippen molar-refractivity contribution < 1.29 is 24.9 Å². The van der Waals surface area contributed by atoms with Gasteiger partial charge in [0.05, 0.1) is 31.1 Å². The van der Waals surface area contributed by atoms with Crippen LogP contribution in [0.25, 0.3) is 0 Å². The molecular formula is C27H45N3O5S. The summed E-state index contributed by atoms with van der Waals surface area (Å²) in [6.07, 6.45) is 2.14. The van der Waals surface area contributed by atoms with E-state index < -0.39 is 16.9 Å². The van der Waals surface area contributed by atoms with Crippen LogP contribution in [-0.4, -0.2) is 57.5 Å². The van der Waals surface area contributed by atoms with Crippen LogP contribution in [0.3, 0.4) is 0 Å². The van der Waals surface area contributed by atoms with Gasteiger partial charge in [-0.15, -0.1) is 11.3 Å². The van der Waals surface area contributed by atoms with Crippen LogP contribution in [0, 0.1) is 28.1 Å². The standard InChI is InChI=1S/C27H45N3O5S/c1-15(2)10-16(13-31)28-21(34)11-17-22-18(36-24(29-22)30-23(35)25(3,4)5)12-19-26(17,6)9-8-20(33)27(19,7)14-32/h15-17,19-20,31-33H,8-14H2,1-7H3,(H,28,34)(H,29,30,35). The summed E-state index contributed by atoms with van der Waals surface area (Å²) < 4.78 is 0. The number of amides is 2. The Balaban J connectivity index is 1.99. The largest absolute Gasteiger partial charge is 0.396 e. The molecule has 0 radical (unpaired) electrons. The molecule has 1 saturated carbocycles. The first-order chi connectivity index (χ1) is 16.7. The first kappa shape index (κ1) is 29.0. The van der Waals surface area contributed by atoms with E-state index in [1.807, 2.05) is 27.7 Å². The number of carbonyl (C=O) groups excluding carboxylic acids is 2. The van der Waals surface area contributed by atoms with Gasteiger partial charge in [-0.05, 0) is 42.9 Å². The number of carbonyl (C=O) groups is 2.